The van der Waals surface area contributed by atoms with Gasteiger partial charge in [0.15, 0.2) is 6.17 Å². The lowest BCUT2D eigenvalue weighted by Crippen LogP contribution is -2.49. The molecule has 0 radical (unpaired) electrons. The smallest absolute Gasteiger partial charge is 0.228 e. The van der Waals surface area contributed by atoms with Crippen molar-refractivity contribution in [1.29, 1.82) is 0 Å². The van der Waals surface area contributed by atoms with Crippen LogP contribution in [-0.4, -0.2) is 23.0 Å². The third-order valence-electron chi connectivity index (χ3n) is 6.72. The average Bonchev–Trinajstić information content (AvgIpc) is 3.17. The fourth-order valence-corrected chi connectivity index (χ4v) is 5.84. The van der Waals surface area contributed by atoms with Gasteiger partial charge in [-0.3, -0.25) is 0 Å². The Hall–Kier alpha value is -1.09. The first kappa shape index (κ1) is 26.5. The van der Waals surface area contributed by atoms with Crippen LogP contribution in [0.15, 0.2) is 36.4 Å². The van der Waals surface area contributed by atoms with Gasteiger partial charge in [0.1, 0.15) is 0 Å². The number of rotatable bonds is 6. The van der Waals surface area contributed by atoms with Crippen molar-refractivity contribution in [3.05, 3.63) is 58.7 Å². The third kappa shape index (κ3) is 5.29. The molecule has 0 spiro atoms. The van der Waals surface area contributed by atoms with Crippen molar-refractivity contribution in [3.8, 4) is 0 Å². The Kier molecular flexibility index (Phi) is 8.24. The summed E-state index contributed by atoms with van der Waals surface area (Å²) in [4.78, 5) is 4.72. The molecule has 1 fully saturated rings. The van der Waals surface area contributed by atoms with Crippen LogP contribution in [0.4, 0.5) is 11.4 Å². The van der Waals surface area contributed by atoms with Gasteiger partial charge in [-0.15, -0.1) is 0 Å². The number of para-hydroxylation sites is 2. The maximum Gasteiger partial charge on any atom is 0.228 e. The first-order valence-electron chi connectivity index (χ1n) is 12.2. The van der Waals surface area contributed by atoms with E-state index in [2.05, 4.69) is 102 Å². The molecule has 0 atom stereocenters. The van der Waals surface area contributed by atoms with Crippen LogP contribution >= 0.6 is 34.8 Å². The molecule has 1 aliphatic heterocycles. The van der Waals surface area contributed by atoms with Gasteiger partial charge in [-0.1, -0.05) is 127 Å². The minimum atomic E-state index is -1.48. The van der Waals surface area contributed by atoms with E-state index in [0.717, 1.165) is 13.1 Å². The van der Waals surface area contributed by atoms with E-state index in [1.165, 1.54) is 33.6 Å². The van der Waals surface area contributed by atoms with E-state index in [1.54, 1.807) is 0 Å². The summed E-state index contributed by atoms with van der Waals surface area (Å²) in [5, 5.41) is 0. The van der Waals surface area contributed by atoms with Gasteiger partial charge in [-0.2, -0.15) is 0 Å². The molecule has 182 valence electrons. The molecule has 2 aromatic rings. The maximum atomic E-state index is 6.80. The summed E-state index contributed by atoms with van der Waals surface area (Å²) in [5.41, 5.74) is 7.70. The molecule has 5 heteroatoms. The zero-order valence-corrected chi connectivity index (χ0v) is 23.6. The van der Waals surface area contributed by atoms with Crippen LogP contribution in [0.3, 0.4) is 0 Å². The maximum absolute atomic E-state index is 6.80. The predicted molar refractivity (Wildman–Crippen MR) is 148 cm³/mol. The minimum Gasteiger partial charge on any atom is -0.345 e. The highest BCUT2D eigenvalue weighted by atomic mass is 35.6. The van der Waals surface area contributed by atoms with Crippen LogP contribution in [-0.2, 0) is 0 Å². The molecule has 0 unspecified atom stereocenters. The third-order valence-corrected chi connectivity index (χ3v) is 7.31. The largest absolute Gasteiger partial charge is 0.345 e. The summed E-state index contributed by atoms with van der Waals surface area (Å²) in [7, 11) is 0. The van der Waals surface area contributed by atoms with Crippen molar-refractivity contribution in [2.45, 2.75) is 89.0 Å². The van der Waals surface area contributed by atoms with Gasteiger partial charge < -0.3 is 9.80 Å². The highest BCUT2D eigenvalue weighted by Gasteiger charge is 2.48. The molecule has 0 N–H and O–H groups in total. The molecule has 0 saturated carbocycles. The number of hydrogen-bond donors (Lipinski definition) is 0. The summed E-state index contributed by atoms with van der Waals surface area (Å²) in [6, 6.07) is 13.2. The Labute approximate surface area is 216 Å². The molecular formula is C28H39Cl3N2. The van der Waals surface area contributed by atoms with Crippen molar-refractivity contribution in [2.24, 2.45) is 0 Å². The van der Waals surface area contributed by atoms with Crippen LogP contribution in [0.25, 0.3) is 0 Å². The number of benzene rings is 2. The van der Waals surface area contributed by atoms with E-state index in [1.807, 2.05) is 0 Å². The molecule has 1 saturated heterocycles. The quantitative estimate of drug-likeness (QED) is 0.358. The molecule has 2 aromatic carbocycles. The van der Waals surface area contributed by atoms with Gasteiger partial charge in [0.25, 0.3) is 0 Å². The van der Waals surface area contributed by atoms with Crippen LogP contribution in [0, 0.1) is 0 Å². The lowest BCUT2D eigenvalue weighted by Gasteiger charge is -2.41. The van der Waals surface area contributed by atoms with Gasteiger partial charge in [-0.25, -0.2) is 0 Å². The second kappa shape index (κ2) is 10.3. The molecule has 1 heterocycles. The summed E-state index contributed by atoms with van der Waals surface area (Å²) in [6.45, 7) is 19.6. The van der Waals surface area contributed by atoms with Gasteiger partial charge in [0, 0.05) is 24.5 Å². The molecular weight excluding hydrogens is 471 g/mol. The van der Waals surface area contributed by atoms with Gasteiger partial charge in [-0.05, 0) is 45.9 Å². The SMILES string of the molecule is CC(C)c1cccc(C(C)C)c1N1CCN(c2c(C(C)C)cccc2C(C)C)C1C(Cl)(Cl)Cl. The van der Waals surface area contributed by atoms with E-state index in [0.29, 0.717) is 23.7 Å². The lowest BCUT2D eigenvalue weighted by molar-refractivity contribution is 0.660. The van der Waals surface area contributed by atoms with Crippen molar-refractivity contribution in [2.75, 3.05) is 22.9 Å². The lowest BCUT2D eigenvalue weighted by atomic mass is 9.91. The van der Waals surface area contributed by atoms with E-state index in [4.69, 9.17) is 34.8 Å². The number of alkyl halides is 3. The molecule has 0 amide bonds. The summed E-state index contributed by atoms with van der Waals surface area (Å²) >= 11 is 20.4. The first-order valence-corrected chi connectivity index (χ1v) is 13.3. The number of anilines is 2. The van der Waals surface area contributed by atoms with Crippen LogP contribution in [0.5, 0.6) is 0 Å². The molecule has 0 aromatic heterocycles. The van der Waals surface area contributed by atoms with Crippen molar-refractivity contribution in [3.63, 3.8) is 0 Å². The monoisotopic (exact) mass is 508 g/mol. The summed E-state index contributed by atoms with van der Waals surface area (Å²) < 4.78 is -1.48. The van der Waals surface area contributed by atoms with Gasteiger partial charge >= 0.3 is 0 Å². The van der Waals surface area contributed by atoms with Gasteiger partial charge in [0.2, 0.25) is 3.79 Å². The summed E-state index contributed by atoms with van der Waals surface area (Å²) in [6.07, 6.45) is -0.391. The predicted octanol–water partition coefficient (Wildman–Crippen LogP) is 9.20. The number of halogens is 3. The van der Waals surface area contributed by atoms with Crippen LogP contribution < -0.4 is 9.80 Å². The second-order valence-electron chi connectivity index (χ2n) is 10.5. The topological polar surface area (TPSA) is 6.48 Å². The van der Waals surface area contributed by atoms with Gasteiger partial charge in [0.05, 0.1) is 0 Å². The van der Waals surface area contributed by atoms with Crippen LogP contribution in [0.2, 0.25) is 0 Å². The van der Waals surface area contributed by atoms with E-state index in [-0.39, 0.29) is 0 Å². The normalized spacial score (nSPS) is 15.7. The molecule has 0 aliphatic carbocycles. The van der Waals surface area contributed by atoms with E-state index >= 15 is 0 Å². The Morgan fingerprint density at radius 3 is 1.09 bits per heavy atom. The fourth-order valence-electron chi connectivity index (χ4n) is 5.14. The summed E-state index contributed by atoms with van der Waals surface area (Å²) in [5.74, 6) is 1.49. The van der Waals surface area contributed by atoms with E-state index < -0.39 is 9.96 Å². The van der Waals surface area contributed by atoms with Crippen molar-refractivity contribution in [1.82, 2.24) is 0 Å². The molecule has 2 nitrogen and oxygen atoms in total. The number of hydrogen-bond acceptors (Lipinski definition) is 2. The molecule has 3 rings (SSSR count). The van der Waals surface area contributed by atoms with Crippen LogP contribution in [0.1, 0.15) is 101 Å². The highest BCUT2D eigenvalue weighted by molar-refractivity contribution is 6.68. The Morgan fingerprint density at radius 1 is 0.606 bits per heavy atom. The molecule has 33 heavy (non-hydrogen) atoms. The highest BCUT2D eigenvalue weighted by Crippen LogP contribution is 2.48. The first-order chi connectivity index (χ1) is 15.4. The fraction of sp³-hybridized carbons (Fsp3) is 0.571. The van der Waals surface area contributed by atoms with Crippen molar-refractivity contribution < 1.29 is 0 Å². The second-order valence-corrected chi connectivity index (χ2v) is 12.9. The number of nitrogens with zero attached hydrogens (tertiary/aromatic N) is 2. The average molecular weight is 510 g/mol. The van der Waals surface area contributed by atoms with E-state index in [9.17, 15) is 0 Å². The Morgan fingerprint density at radius 2 is 0.879 bits per heavy atom. The Bertz CT molecular complexity index is 836. The molecule has 1 aliphatic rings. The Balaban J connectivity index is 2.26. The minimum absolute atomic E-state index is 0.373. The standard InChI is InChI=1S/C28H39Cl3N2/c1-17(2)21-11-9-12-22(18(3)4)25(21)32-15-16-33(27(32)28(29,30)31)26-23(19(5)6)13-10-14-24(26)20(7)8/h9-14,17-20,27H,15-16H2,1-8H3. The zero-order valence-electron chi connectivity index (χ0n) is 21.3. The van der Waals surface area contributed by atoms with Crippen molar-refractivity contribution >= 4 is 46.2 Å². The zero-order chi connectivity index (χ0) is 24.7. The molecule has 0 bridgehead atoms.